The fourth-order valence-electron chi connectivity index (χ4n) is 1.63. The zero-order valence-electron chi connectivity index (χ0n) is 10.1. The Kier molecular flexibility index (Phi) is 4.62. The molecule has 0 aromatic heterocycles. The van der Waals surface area contributed by atoms with Crippen molar-refractivity contribution in [2.75, 3.05) is 0 Å². The number of halogens is 3. The summed E-state index contributed by atoms with van der Waals surface area (Å²) < 4.78 is 19.3. The molecule has 6 heteroatoms. The SMILES string of the molecule is O=C(O)c1cc(Cl)cc(Br)c1OCc1ccccc1F. The molecule has 0 bridgehead atoms. The maximum absolute atomic E-state index is 13.5. The monoisotopic (exact) mass is 358 g/mol. The number of carboxylic acid groups (broad SMARTS) is 1. The second-order valence-electron chi connectivity index (χ2n) is 3.95. The third kappa shape index (κ3) is 3.29. The first-order valence-corrected chi connectivity index (χ1v) is 6.74. The highest BCUT2D eigenvalue weighted by Crippen LogP contribution is 2.33. The zero-order chi connectivity index (χ0) is 14.7. The fraction of sp³-hybridized carbons (Fsp3) is 0.0714. The number of benzene rings is 2. The van der Waals surface area contributed by atoms with E-state index in [1.807, 2.05) is 0 Å². The van der Waals surface area contributed by atoms with E-state index in [9.17, 15) is 9.18 Å². The molecule has 0 atom stereocenters. The number of ether oxygens (including phenoxy) is 1. The van der Waals surface area contributed by atoms with Crippen LogP contribution in [-0.4, -0.2) is 11.1 Å². The molecule has 0 unspecified atom stereocenters. The molecule has 0 aliphatic heterocycles. The molecule has 0 saturated carbocycles. The van der Waals surface area contributed by atoms with Gasteiger partial charge in [-0.1, -0.05) is 29.8 Å². The average molecular weight is 360 g/mol. The predicted octanol–water partition coefficient (Wildman–Crippen LogP) is 4.52. The highest BCUT2D eigenvalue weighted by molar-refractivity contribution is 9.10. The summed E-state index contributed by atoms with van der Waals surface area (Å²) in [5, 5.41) is 9.40. The molecule has 0 spiro atoms. The van der Waals surface area contributed by atoms with Crippen LogP contribution in [-0.2, 0) is 6.61 Å². The van der Waals surface area contributed by atoms with Gasteiger partial charge in [-0.2, -0.15) is 0 Å². The molecule has 104 valence electrons. The first kappa shape index (κ1) is 14.8. The van der Waals surface area contributed by atoms with Crippen molar-refractivity contribution >= 4 is 33.5 Å². The minimum Gasteiger partial charge on any atom is -0.487 e. The number of hydrogen-bond acceptors (Lipinski definition) is 2. The Balaban J connectivity index is 2.30. The molecule has 2 aromatic rings. The van der Waals surface area contributed by atoms with Gasteiger partial charge in [0.25, 0.3) is 0 Å². The molecular weight excluding hydrogens is 351 g/mol. The topological polar surface area (TPSA) is 46.5 Å². The molecule has 0 radical (unpaired) electrons. The summed E-state index contributed by atoms with van der Waals surface area (Å²) >= 11 is 8.99. The van der Waals surface area contributed by atoms with Crippen molar-refractivity contribution < 1.29 is 19.0 Å². The highest BCUT2D eigenvalue weighted by atomic mass is 79.9. The van der Waals surface area contributed by atoms with E-state index in [0.29, 0.717) is 10.0 Å². The zero-order valence-corrected chi connectivity index (χ0v) is 12.4. The molecule has 2 rings (SSSR count). The summed E-state index contributed by atoms with van der Waals surface area (Å²) in [5.41, 5.74) is 0.256. The van der Waals surface area contributed by atoms with Gasteiger partial charge in [0.15, 0.2) is 0 Å². The first-order chi connectivity index (χ1) is 9.49. The summed E-state index contributed by atoms with van der Waals surface area (Å²) in [5.74, 6) is -1.46. The summed E-state index contributed by atoms with van der Waals surface area (Å²) in [6.45, 7) is -0.0762. The molecule has 0 aliphatic rings. The lowest BCUT2D eigenvalue weighted by Gasteiger charge is -2.12. The second-order valence-corrected chi connectivity index (χ2v) is 5.24. The van der Waals surface area contributed by atoms with Crippen LogP contribution in [0.2, 0.25) is 5.02 Å². The Labute approximate surface area is 128 Å². The van der Waals surface area contributed by atoms with Gasteiger partial charge in [-0.25, -0.2) is 9.18 Å². The molecule has 3 nitrogen and oxygen atoms in total. The molecule has 2 aromatic carbocycles. The van der Waals surface area contributed by atoms with E-state index in [4.69, 9.17) is 21.4 Å². The van der Waals surface area contributed by atoms with Gasteiger partial charge in [0.1, 0.15) is 23.7 Å². The minimum atomic E-state index is -1.17. The first-order valence-electron chi connectivity index (χ1n) is 5.57. The van der Waals surface area contributed by atoms with Crippen LogP contribution in [0.15, 0.2) is 40.9 Å². The number of carboxylic acids is 1. The van der Waals surface area contributed by atoms with Crippen LogP contribution in [0.25, 0.3) is 0 Å². The van der Waals surface area contributed by atoms with E-state index in [0.717, 1.165) is 0 Å². The van der Waals surface area contributed by atoms with Crippen molar-refractivity contribution in [1.29, 1.82) is 0 Å². The van der Waals surface area contributed by atoms with Gasteiger partial charge >= 0.3 is 5.97 Å². The largest absolute Gasteiger partial charge is 0.487 e. The van der Waals surface area contributed by atoms with E-state index in [-0.39, 0.29) is 22.9 Å². The summed E-state index contributed by atoms with van der Waals surface area (Å²) in [6, 6.07) is 8.93. The maximum Gasteiger partial charge on any atom is 0.339 e. The van der Waals surface area contributed by atoms with Crippen molar-refractivity contribution in [2.24, 2.45) is 0 Å². The van der Waals surface area contributed by atoms with Gasteiger partial charge in [-0.3, -0.25) is 0 Å². The Morgan fingerprint density at radius 2 is 2.05 bits per heavy atom. The van der Waals surface area contributed by atoms with E-state index >= 15 is 0 Å². The van der Waals surface area contributed by atoms with Crippen molar-refractivity contribution in [1.82, 2.24) is 0 Å². The van der Waals surface area contributed by atoms with Crippen molar-refractivity contribution in [2.45, 2.75) is 6.61 Å². The van der Waals surface area contributed by atoms with Crippen LogP contribution in [0, 0.1) is 5.82 Å². The highest BCUT2D eigenvalue weighted by Gasteiger charge is 2.17. The van der Waals surface area contributed by atoms with Gasteiger partial charge < -0.3 is 9.84 Å². The Bertz CT molecular complexity index is 661. The van der Waals surface area contributed by atoms with E-state index in [2.05, 4.69) is 15.9 Å². The van der Waals surface area contributed by atoms with Gasteiger partial charge in [-0.15, -0.1) is 0 Å². The van der Waals surface area contributed by atoms with Crippen molar-refractivity contribution in [3.63, 3.8) is 0 Å². The molecule has 20 heavy (non-hydrogen) atoms. The molecule has 0 fully saturated rings. The summed E-state index contributed by atoms with van der Waals surface area (Å²) in [7, 11) is 0. The molecule has 0 saturated heterocycles. The third-order valence-electron chi connectivity index (χ3n) is 2.57. The lowest BCUT2D eigenvalue weighted by Crippen LogP contribution is -2.05. The van der Waals surface area contributed by atoms with Crippen LogP contribution in [0.3, 0.4) is 0 Å². The third-order valence-corrected chi connectivity index (χ3v) is 3.38. The molecule has 0 amide bonds. The lowest BCUT2D eigenvalue weighted by molar-refractivity contribution is 0.0691. The Hall–Kier alpha value is -1.59. The van der Waals surface area contributed by atoms with Crippen LogP contribution >= 0.6 is 27.5 Å². The van der Waals surface area contributed by atoms with Crippen molar-refractivity contribution in [3.8, 4) is 5.75 Å². The average Bonchev–Trinajstić information content (AvgIpc) is 2.38. The van der Waals surface area contributed by atoms with Crippen LogP contribution in [0.4, 0.5) is 4.39 Å². The van der Waals surface area contributed by atoms with Gasteiger partial charge in [0, 0.05) is 10.6 Å². The number of rotatable bonds is 4. The minimum absolute atomic E-state index is 0.0762. The molecule has 0 heterocycles. The predicted molar refractivity (Wildman–Crippen MR) is 76.8 cm³/mol. The summed E-state index contributed by atoms with van der Waals surface area (Å²) in [6.07, 6.45) is 0. The molecular formula is C14H9BrClFO3. The summed E-state index contributed by atoms with van der Waals surface area (Å²) in [4.78, 5) is 11.2. The fourth-order valence-corrected chi connectivity index (χ4v) is 2.56. The molecule has 1 N–H and O–H groups in total. The quantitative estimate of drug-likeness (QED) is 0.873. The van der Waals surface area contributed by atoms with Crippen LogP contribution in [0.1, 0.15) is 15.9 Å². The van der Waals surface area contributed by atoms with Crippen molar-refractivity contribution in [3.05, 3.63) is 62.8 Å². The normalized spacial score (nSPS) is 10.3. The van der Waals surface area contributed by atoms with Gasteiger partial charge in [0.2, 0.25) is 0 Å². The van der Waals surface area contributed by atoms with E-state index < -0.39 is 11.8 Å². The molecule has 0 aliphatic carbocycles. The second kappa shape index (κ2) is 6.24. The Morgan fingerprint density at radius 1 is 1.35 bits per heavy atom. The van der Waals surface area contributed by atoms with E-state index in [1.54, 1.807) is 18.2 Å². The maximum atomic E-state index is 13.5. The van der Waals surface area contributed by atoms with E-state index in [1.165, 1.54) is 18.2 Å². The smallest absolute Gasteiger partial charge is 0.339 e. The standard InChI is InChI=1S/C14H9BrClFO3/c15-11-6-9(16)5-10(14(18)19)13(11)20-7-8-3-1-2-4-12(8)17/h1-6H,7H2,(H,18,19). The number of carbonyl (C=O) groups is 1. The van der Waals surface area contributed by atoms with Gasteiger partial charge in [-0.05, 0) is 34.1 Å². The van der Waals surface area contributed by atoms with Crippen LogP contribution < -0.4 is 4.74 Å². The van der Waals surface area contributed by atoms with Crippen LogP contribution in [0.5, 0.6) is 5.75 Å². The van der Waals surface area contributed by atoms with Gasteiger partial charge in [0.05, 0.1) is 4.47 Å². The Morgan fingerprint density at radius 3 is 2.70 bits per heavy atom. The number of hydrogen-bond donors (Lipinski definition) is 1. The number of aromatic carboxylic acids is 1. The lowest BCUT2D eigenvalue weighted by atomic mass is 10.2.